The van der Waals surface area contributed by atoms with E-state index < -0.39 is 0 Å². The lowest BCUT2D eigenvalue weighted by Gasteiger charge is -2.28. The highest BCUT2D eigenvalue weighted by atomic mass is 16.5. The van der Waals surface area contributed by atoms with E-state index in [1.807, 2.05) is 24.4 Å². The normalized spacial score (nSPS) is 12.8. The molecule has 1 atom stereocenters. The van der Waals surface area contributed by atoms with Crippen LogP contribution in [0.1, 0.15) is 38.8 Å². The molecule has 3 heteroatoms. The van der Waals surface area contributed by atoms with Gasteiger partial charge in [-0.2, -0.15) is 0 Å². The van der Waals surface area contributed by atoms with Gasteiger partial charge in [0.2, 0.25) is 5.88 Å². The largest absolute Gasteiger partial charge is 0.481 e. The van der Waals surface area contributed by atoms with E-state index in [4.69, 9.17) is 4.74 Å². The van der Waals surface area contributed by atoms with Gasteiger partial charge in [-0.3, -0.25) is 0 Å². The molecular weight excluding hydrogens is 260 g/mol. The standard InChI is InChI=1S/C18H24N2O/c1-18(2,3)12-16(14-8-6-5-7-9-14)20-15-10-11-17(21-4)19-13-15/h5-11,13,16,20H,12H2,1-4H3. The summed E-state index contributed by atoms with van der Waals surface area (Å²) in [4.78, 5) is 4.26. The first kappa shape index (κ1) is 15.4. The monoisotopic (exact) mass is 284 g/mol. The van der Waals surface area contributed by atoms with Gasteiger partial charge in [0.15, 0.2) is 0 Å². The van der Waals surface area contributed by atoms with Crippen molar-refractivity contribution in [3.8, 4) is 5.88 Å². The number of methoxy groups -OCH3 is 1. The van der Waals surface area contributed by atoms with E-state index in [0.717, 1.165) is 12.1 Å². The Morgan fingerprint density at radius 3 is 2.33 bits per heavy atom. The maximum atomic E-state index is 5.10. The highest BCUT2D eigenvalue weighted by Crippen LogP contribution is 2.32. The summed E-state index contributed by atoms with van der Waals surface area (Å²) < 4.78 is 5.10. The average molecular weight is 284 g/mol. The van der Waals surface area contributed by atoms with Gasteiger partial charge in [0.1, 0.15) is 0 Å². The predicted molar refractivity (Wildman–Crippen MR) is 87.7 cm³/mol. The predicted octanol–water partition coefficient (Wildman–Crippen LogP) is 4.68. The molecule has 2 rings (SSSR count). The van der Waals surface area contributed by atoms with Crippen LogP contribution in [-0.2, 0) is 0 Å². The van der Waals surface area contributed by atoms with E-state index >= 15 is 0 Å². The van der Waals surface area contributed by atoms with Crippen LogP contribution in [0.4, 0.5) is 5.69 Å². The minimum absolute atomic E-state index is 0.243. The number of pyridine rings is 1. The summed E-state index contributed by atoms with van der Waals surface area (Å²) in [5.74, 6) is 0.632. The second kappa shape index (κ2) is 6.61. The number of aromatic nitrogens is 1. The van der Waals surface area contributed by atoms with Gasteiger partial charge in [0, 0.05) is 6.07 Å². The molecule has 0 saturated carbocycles. The SMILES string of the molecule is COc1ccc(NC(CC(C)(C)C)c2ccccc2)cn1. The molecule has 1 N–H and O–H groups in total. The van der Waals surface area contributed by atoms with Crippen molar-refractivity contribution in [2.75, 3.05) is 12.4 Å². The van der Waals surface area contributed by atoms with Gasteiger partial charge < -0.3 is 10.1 Å². The Hall–Kier alpha value is -2.03. The van der Waals surface area contributed by atoms with E-state index in [0.29, 0.717) is 5.88 Å². The fourth-order valence-corrected chi connectivity index (χ4v) is 2.34. The highest BCUT2D eigenvalue weighted by molar-refractivity contribution is 5.44. The van der Waals surface area contributed by atoms with Crippen molar-refractivity contribution < 1.29 is 4.74 Å². The Balaban J connectivity index is 2.19. The molecule has 0 aliphatic heterocycles. The molecule has 3 nitrogen and oxygen atoms in total. The summed E-state index contributed by atoms with van der Waals surface area (Å²) in [5, 5.41) is 3.59. The van der Waals surface area contributed by atoms with Crippen molar-refractivity contribution >= 4 is 5.69 Å². The zero-order chi connectivity index (χ0) is 15.3. The number of ether oxygens (including phenoxy) is 1. The number of nitrogens with zero attached hydrogens (tertiary/aromatic N) is 1. The van der Waals surface area contributed by atoms with Crippen molar-refractivity contribution in [2.45, 2.75) is 33.2 Å². The molecule has 0 aliphatic rings. The first-order valence-corrected chi connectivity index (χ1v) is 7.29. The Kier molecular flexibility index (Phi) is 4.84. The number of rotatable bonds is 5. The van der Waals surface area contributed by atoms with Crippen molar-refractivity contribution in [1.82, 2.24) is 4.98 Å². The van der Waals surface area contributed by atoms with Crippen LogP contribution in [0.5, 0.6) is 5.88 Å². The second-order valence-corrected chi connectivity index (χ2v) is 6.46. The summed E-state index contributed by atoms with van der Waals surface area (Å²) in [6.07, 6.45) is 2.86. The molecule has 0 spiro atoms. The zero-order valence-electron chi connectivity index (χ0n) is 13.3. The number of hydrogen-bond donors (Lipinski definition) is 1. The number of benzene rings is 1. The van der Waals surface area contributed by atoms with Crippen LogP contribution in [0.3, 0.4) is 0 Å². The Bertz CT molecular complexity index is 544. The number of anilines is 1. The smallest absolute Gasteiger partial charge is 0.213 e. The van der Waals surface area contributed by atoms with Gasteiger partial charge in [0.25, 0.3) is 0 Å². The third kappa shape index (κ3) is 4.78. The topological polar surface area (TPSA) is 34.1 Å². The molecule has 0 saturated heterocycles. The molecule has 1 aromatic heterocycles. The van der Waals surface area contributed by atoms with Crippen LogP contribution in [0.2, 0.25) is 0 Å². The minimum Gasteiger partial charge on any atom is -0.481 e. The molecule has 0 radical (unpaired) electrons. The fraction of sp³-hybridized carbons (Fsp3) is 0.389. The lowest BCUT2D eigenvalue weighted by atomic mass is 9.85. The second-order valence-electron chi connectivity index (χ2n) is 6.46. The minimum atomic E-state index is 0.243. The molecular formula is C18H24N2O. The van der Waals surface area contributed by atoms with Crippen LogP contribution in [0, 0.1) is 5.41 Å². The molecule has 0 bridgehead atoms. The van der Waals surface area contributed by atoms with Crippen molar-refractivity contribution in [1.29, 1.82) is 0 Å². The molecule has 1 unspecified atom stereocenters. The molecule has 0 fully saturated rings. The van der Waals surface area contributed by atoms with E-state index in [-0.39, 0.29) is 11.5 Å². The zero-order valence-corrected chi connectivity index (χ0v) is 13.3. The first-order chi connectivity index (χ1) is 9.98. The molecule has 0 aliphatic carbocycles. The molecule has 1 heterocycles. The Labute approximate surface area is 127 Å². The van der Waals surface area contributed by atoms with E-state index in [9.17, 15) is 0 Å². The summed E-state index contributed by atoms with van der Waals surface area (Å²) in [6, 6.07) is 14.7. The van der Waals surface area contributed by atoms with Gasteiger partial charge in [-0.25, -0.2) is 4.98 Å². The van der Waals surface area contributed by atoms with Crippen LogP contribution >= 0.6 is 0 Å². The molecule has 21 heavy (non-hydrogen) atoms. The fourth-order valence-electron chi connectivity index (χ4n) is 2.34. The quantitative estimate of drug-likeness (QED) is 0.865. The summed E-state index contributed by atoms with van der Waals surface area (Å²) in [7, 11) is 1.63. The van der Waals surface area contributed by atoms with Gasteiger partial charge >= 0.3 is 0 Å². The molecule has 112 valence electrons. The van der Waals surface area contributed by atoms with Crippen LogP contribution < -0.4 is 10.1 Å². The van der Waals surface area contributed by atoms with E-state index in [1.165, 1.54) is 5.56 Å². The third-order valence-electron chi connectivity index (χ3n) is 3.30. The van der Waals surface area contributed by atoms with Crippen LogP contribution in [-0.4, -0.2) is 12.1 Å². The average Bonchev–Trinajstić information content (AvgIpc) is 2.47. The van der Waals surface area contributed by atoms with Gasteiger partial charge in [0.05, 0.1) is 25.0 Å². The molecule has 2 aromatic rings. The Morgan fingerprint density at radius 1 is 1.10 bits per heavy atom. The van der Waals surface area contributed by atoms with Crippen molar-refractivity contribution in [3.05, 3.63) is 54.2 Å². The van der Waals surface area contributed by atoms with Crippen molar-refractivity contribution in [3.63, 3.8) is 0 Å². The first-order valence-electron chi connectivity index (χ1n) is 7.29. The number of hydrogen-bond acceptors (Lipinski definition) is 3. The van der Waals surface area contributed by atoms with Gasteiger partial charge in [-0.15, -0.1) is 0 Å². The molecule has 1 aromatic carbocycles. The Morgan fingerprint density at radius 2 is 1.81 bits per heavy atom. The molecule has 0 amide bonds. The highest BCUT2D eigenvalue weighted by Gasteiger charge is 2.20. The lowest BCUT2D eigenvalue weighted by Crippen LogP contribution is -2.18. The van der Waals surface area contributed by atoms with Crippen LogP contribution in [0.25, 0.3) is 0 Å². The third-order valence-corrected chi connectivity index (χ3v) is 3.30. The maximum absolute atomic E-state index is 5.10. The summed E-state index contributed by atoms with van der Waals surface area (Å²) in [5.41, 5.74) is 2.55. The summed E-state index contributed by atoms with van der Waals surface area (Å²) in [6.45, 7) is 6.78. The summed E-state index contributed by atoms with van der Waals surface area (Å²) >= 11 is 0. The maximum Gasteiger partial charge on any atom is 0.213 e. The van der Waals surface area contributed by atoms with Crippen molar-refractivity contribution in [2.24, 2.45) is 5.41 Å². The number of nitrogens with one attached hydrogen (secondary N) is 1. The van der Waals surface area contributed by atoms with E-state index in [2.05, 4.69) is 55.3 Å². The van der Waals surface area contributed by atoms with Gasteiger partial charge in [-0.1, -0.05) is 51.1 Å². The van der Waals surface area contributed by atoms with E-state index in [1.54, 1.807) is 7.11 Å². The lowest BCUT2D eigenvalue weighted by molar-refractivity contribution is 0.352. The van der Waals surface area contributed by atoms with Gasteiger partial charge in [-0.05, 0) is 23.5 Å². The van der Waals surface area contributed by atoms with Crippen LogP contribution in [0.15, 0.2) is 48.7 Å².